The molecule has 5 rings (SSSR count). The van der Waals surface area contributed by atoms with Crippen molar-refractivity contribution in [3.63, 3.8) is 0 Å². The SMILES string of the molecule is NCc1ccc2c(c1)nc(CN1C(=O)C3(CC3)c3cccnc31)n2CCCC(F)(F)F. The van der Waals surface area contributed by atoms with E-state index < -0.39 is 18.0 Å². The second-order valence-corrected chi connectivity index (χ2v) is 8.27. The molecule has 1 saturated carbocycles. The number of halogens is 3. The number of nitrogens with two attached hydrogens (primary N) is 1. The molecule has 2 aromatic heterocycles. The predicted molar refractivity (Wildman–Crippen MR) is 109 cm³/mol. The van der Waals surface area contributed by atoms with Crippen LogP contribution in [0.3, 0.4) is 0 Å². The summed E-state index contributed by atoms with van der Waals surface area (Å²) in [6, 6.07) is 9.30. The van der Waals surface area contributed by atoms with Gasteiger partial charge in [-0.05, 0) is 43.0 Å². The number of benzene rings is 1. The summed E-state index contributed by atoms with van der Waals surface area (Å²) < 4.78 is 40.0. The Morgan fingerprint density at radius 1 is 1.19 bits per heavy atom. The summed E-state index contributed by atoms with van der Waals surface area (Å²) in [5.74, 6) is 1.17. The highest BCUT2D eigenvalue weighted by Gasteiger charge is 2.59. The molecule has 0 unspecified atom stereocenters. The minimum Gasteiger partial charge on any atom is -0.326 e. The summed E-state index contributed by atoms with van der Waals surface area (Å²) >= 11 is 0. The number of fused-ring (bicyclic) bond motifs is 3. The van der Waals surface area contributed by atoms with E-state index >= 15 is 0 Å². The second-order valence-electron chi connectivity index (χ2n) is 8.27. The molecule has 9 heteroatoms. The zero-order valence-corrected chi connectivity index (χ0v) is 16.8. The third-order valence-corrected chi connectivity index (χ3v) is 6.23. The molecule has 0 bridgehead atoms. The largest absolute Gasteiger partial charge is 0.389 e. The fourth-order valence-corrected chi connectivity index (χ4v) is 4.51. The van der Waals surface area contributed by atoms with Crippen LogP contribution in [0.5, 0.6) is 0 Å². The van der Waals surface area contributed by atoms with E-state index in [-0.39, 0.29) is 25.4 Å². The van der Waals surface area contributed by atoms with Crippen LogP contribution in [0.25, 0.3) is 11.0 Å². The van der Waals surface area contributed by atoms with Crippen LogP contribution in [-0.4, -0.2) is 26.6 Å². The Hall–Kier alpha value is -2.94. The first kappa shape index (κ1) is 20.0. The zero-order valence-electron chi connectivity index (χ0n) is 16.8. The van der Waals surface area contributed by atoms with Gasteiger partial charge in [-0.1, -0.05) is 12.1 Å². The Balaban J connectivity index is 1.51. The molecule has 6 nitrogen and oxygen atoms in total. The number of anilines is 1. The van der Waals surface area contributed by atoms with E-state index in [0.29, 0.717) is 23.7 Å². The first-order valence-corrected chi connectivity index (χ1v) is 10.3. The van der Waals surface area contributed by atoms with E-state index in [9.17, 15) is 18.0 Å². The number of nitrogens with zero attached hydrogens (tertiary/aromatic N) is 4. The van der Waals surface area contributed by atoms with Gasteiger partial charge in [0.1, 0.15) is 11.6 Å². The second kappa shape index (κ2) is 7.05. The number of hydrogen-bond acceptors (Lipinski definition) is 4. The number of aryl methyl sites for hydroxylation is 1. The van der Waals surface area contributed by atoms with Crippen molar-refractivity contribution in [2.45, 2.75) is 56.9 Å². The van der Waals surface area contributed by atoms with Gasteiger partial charge in [-0.15, -0.1) is 0 Å². The maximum Gasteiger partial charge on any atom is 0.389 e. The number of hydrogen-bond donors (Lipinski definition) is 1. The molecule has 0 saturated heterocycles. The van der Waals surface area contributed by atoms with Gasteiger partial charge in [0.25, 0.3) is 0 Å². The van der Waals surface area contributed by atoms with Crippen LogP contribution < -0.4 is 10.6 Å². The van der Waals surface area contributed by atoms with Crippen molar-refractivity contribution in [2.75, 3.05) is 4.90 Å². The number of carbonyl (C=O) groups excluding carboxylic acids is 1. The molecule has 3 heterocycles. The van der Waals surface area contributed by atoms with Crippen molar-refractivity contribution in [3.05, 3.63) is 53.5 Å². The van der Waals surface area contributed by atoms with Crippen molar-refractivity contribution >= 4 is 22.8 Å². The van der Waals surface area contributed by atoms with E-state index in [2.05, 4.69) is 9.97 Å². The van der Waals surface area contributed by atoms with Crippen LogP contribution in [-0.2, 0) is 29.8 Å². The lowest BCUT2D eigenvalue weighted by Crippen LogP contribution is -2.33. The normalized spacial score (nSPS) is 17.0. The first-order valence-electron chi connectivity index (χ1n) is 10.3. The quantitative estimate of drug-likeness (QED) is 0.647. The zero-order chi connectivity index (χ0) is 21.8. The fraction of sp³-hybridized carbons (Fsp3) is 0.409. The molecule has 2 aliphatic rings. The molecule has 1 fully saturated rings. The minimum absolute atomic E-state index is 0.00209. The average Bonchev–Trinajstić information content (AvgIpc) is 3.43. The summed E-state index contributed by atoms with van der Waals surface area (Å²) in [6.45, 7) is 0.676. The van der Waals surface area contributed by atoms with Gasteiger partial charge >= 0.3 is 6.18 Å². The predicted octanol–water partition coefficient (Wildman–Crippen LogP) is 3.81. The lowest BCUT2D eigenvalue weighted by Gasteiger charge is -2.18. The summed E-state index contributed by atoms with van der Waals surface area (Å²) in [4.78, 5) is 24.0. The standard InChI is InChI=1S/C22H22F3N5O/c23-22(24,25)6-2-10-29-17-5-4-14(12-26)11-16(17)28-18(29)13-30-19-15(3-1-9-27-19)21(7-8-21)20(30)31/h1,3-5,9,11H,2,6-8,10,12-13,26H2. The third kappa shape index (κ3) is 3.37. The van der Waals surface area contributed by atoms with Gasteiger partial charge in [-0.25, -0.2) is 9.97 Å². The van der Waals surface area contributed by atoms with Crippen molar-refractivity contribution < 1.29 is 18.0 Å². The summed E-state index contributed by atoms with van der Waals surface area (Å²) in [5, 5.41) is 0. The number of pyridine rings is 1. The third-order valence-electron chi connectivity index (χ3n) is 6.23. The van der Waals surface area contributed by atoms with Crippen LogP contribution in [0.1, 0.15) is 42.6 Å². The smallest absolute Gasteiger partial charge is 0.326 e. The van der Waals surface area contributed by atoms with Crippen LogP contribution in [0.15, 0.2) is 36.5 Å². The average molecular weight is 429 g/mol. The van der Waals surface area contributed by atoms with Crippen molar-refractivity contribution in [2.24, 2.45) is 5.73 Å². The van der Waals surface area contributed by atoms with Crippen molar-refractivity contribution in [1.82, 2.24) is 14.5 Å². The number of imidazole rings is 1. The lowest BCUT2D eigenvalue weighted by atomic mass is 10.00. The van der Waals surface area contributed by atoms with Crippen molar-refractivity contribution in [1.29, 1.82) is 0 Å². The maximum absolute atomic E-state index is 13.2. The molecule has 1 aliphatic heterocycles. The maximum atomic E-state index is 13.2. The Morgan fingerprint density at radius 2 is 2.00 bits per heavy atom. The summed E-state index contributed by atoms with van der Waals surface area (Å²) in [5.41, 5.74) is 8.48. The highest BCUT2D eigenvalue weighted by atomic mass is 19.4. The van der Waals surface area contributed by atoms with Gasteiger partial charge in [0.2, 0.25) is 5.91 Å². The van der Waals surface area contributed by atoms with E-state index in [1.165, 1.54) is 0 Å². The molecular formula is C22H22F3N5O. The highest BCUT2D eigenvalue weighted by molar-refractivity contribution is 6.09. The molecule has 1 aliphatic carbocycles. The number of amides is 1. The van der Waals surface area contributed by atoms with E-state index in [1.807, 2.05) is 30.3 Å². The number of rotatable bonds is 6. The van der Waals surface area contributed by atoms with E-state index in [4.69, 9.17) is 5.73 Å². The molecule has 1 aromatic carbocycles. The summed E-state index contributed by atoms with van der Waals surface area (Å²) in [7, 11) is 0. The van der Waals surface area contributed by atoms with Gasteiger partial charge in [-0.2, -0.15) is 13.2 Å². The topological polar surface area (TPSA) is 77.0 Å². The Morgan fingerprint density at radius 3 is 2.71 bits per heavy atom. The number of carbonyl (C=O) groups is 1. The first-order chi connectivity index (χ1) is 14.8. The fourth-order valence-electron chi connectivity index (χ4n) is 4.51. The van der Waals surface area contributed by atoms with Gasteiger partial charge < -0.3 is 10.3 Å². The lowest BCUT2D eigenvalue weighted by molar-refractivity contribution is -0.135. The number of alkyl halides is 3. The van der Waals surface area contributed by atoms with Gasteiger partial charge in [0, 0.05) is 31.3 Å². The van der Waals surface area contributed by atoms with Crippen LogP contribution in [0.2, 0.25) is 0 Å². The van der Waals surface area contributed by atoms with E-state index in [0.717, 1.165) is 29.5 Å². The molecule has 0 atom stereocenters. The molecule has 1 amide bonds. The molecule has 2 N–H and O–H groups in total. The Bertz CT molecular complexity index is 1170. The molecule has 1 spiro atoms. The van der Waals surface area contributed by atoms with E-state index in [1.54, 1.807) is 15.7 Å². The molecule has 0 radical (unpaired) electrons. The van der Waals surface area contributed by atoms with Crippen LogP contribution >= 0.6 is 0 Å². The monoisotopic (exact) mass is 429 g/mol. The molecule has 3 aromatic rings. The summed E-state index contributed by atoms with van der Waals surface area (Å²) in [6.07, 6.45) is -1.90. The molecular weight excluding hydrogens is 407 g/mol. The Kier molecular flexibility index (Phi) is 4.55. The minimum atomic E-state index is -4.21. The Labute approximate surface area is 176 Å². The van der Waals surface area contributed by atoms with Gasteiger partial charge in [0.05, 0.1) is 23.0 Å². The van der Waals surface area contributed by atoms with Crippen LogP contribution in [0.4, 0.5) is 19.0 Å². The van der Waals surface area contributed by atoms with Crippen molar-refractivity contribution in [3.8, 4) is 0 Å². The van der Waals surface area contributed by atoms with Gasteiger partial charge in [0.15, 0.2) is 0 Å². The van der Waals surface area contributed by atoms with Gasteiger partial charge in [-0.3, -0.25) is 9.69 Å². The molecule has 31 heavy (non-hydrogen) atoms. The highest BCUT2D eigenvalue weighted by Crippen LogP contribution is 2.56. The van der Waals surface area contributed by atoms with Crippen LogP contribution in [0, 0.1) is 0 Å². The molecule has 162 valence electrons. The number of aromatic nitrogens is 3.